The summed E-state index contributed by atoms with van der Waals surface area (Å²) >= 11 is 0. The molecule has 0 bridgehead atoms. The Balaban J connectivity index is 2.75. The molecule has 0 fully saturated rings. The number of hydrogen-bond donors (Lipinski definition) is 1. The van der Waals surface area contributed by atoms with Crippen LogP contribution in [0.15, 0.2) is 0 Å². The smallest absolute Gasteiger partial charge is 0.338 e. The predicted molar refractivity (Wildman–Crippen MR) is 25.3 cm³/mol. The van der Waals surface area contributed by atoms with Crippen molar-refractivity contribution in [1.29, 1.82) is 0 Å². The molecular weight excluding hydrogens is 98.1 g/mol. The Labute approximate surface area is 38.8 Å². The van der Waals surface area contributed by atoms with Crippen LogP contribution in [0.5, 0.6) is 0 Å². The van der Waals surface area contributed by atoms with E-state index in [4.69, 9.17) is 10.3 Å². The van der Waals surface area contributed by atoms with Crippen molar-refractivity contribution in [3.05, 3.63) is 0 Å². The van der Waals surface area contributed by atoms with Crippen LogP contribution in [0, 0.1) is 0 Å². The topological polar surface area (TPSA) is 44.5 Å². The molecule has 0 aliphatic heterocycles. The van der Waals surface area contributed by atoms with Crippen LogP contribution in [0.2, 0.25) is 6.55 Å². The van der Waals surface area contributed by atoms with Gasteiger partial charge in [-0.2, -0.15) is 0 Å². The molecule has 38 valence electrons. The summed E-state index contributed by atoms with van der Waals surface area (Å²) in [7, 11) is 0.204. The molecule has 0 rings (SSSR count). The van der Waals surface area contributed by atoms with Crippen molar-refractivity contribution in [2.75, 3.05) is 7.11 Å². The molecule has 0 spiro atoms. The minimum absolute atomic E-state index is 1.38. The lowest BCUT2D eigenvalue weighted by atomic mass is 11.8. The first-order chi connectivity index (χ1) is 2.81. The van der Waals surface area contributed by atoms with E-state index in [1.807, 2.05) is 6.55 Å². The third-order valence-electron chi connectivity index (χ3n) is 0.524. The van der Waals surface area contributed by atoms with Crippen molar-refractivity contribution in [3.8, 4) is 0 Å². The lowest BCUT2D eigenvalue weighted by Crippen LogP contribution is -2.19. The molecule has 0 saturated heterocycles. The highest BCUT2D eigenvalue weighted by Gasteiger charge is 1.95. The van der Waals surface area contributed by atoms with Gasteiger partial charge in [0, 0.05) is 7.11 Å². The molecular formula is C2H9NO2Si. The number of rotatable bonds is 2. The van der Waals surface area contributed by atoms with E-state index in [1.165, 1.54) is 0 Å². The van der Waals surface area contributed by atoms with E-state index in [0.29, 0.717) is 0 Å². The van der Waals surface area contributed by atoms with Crippen LogP contribution in [0.1, 0.15) is 0 Å². The second-order valence-electron chi connectivity index (χ2n) is 0.939. The van der Waals surface area contributed by atoms with Crippen LogP contribution >= 0.6 is 0 Å². The Morgan fingerprint density at radius 3 is 2.17 bits per heavy atom. The summed E-state index contributed by atoms with van der Waals surface area (Å²) < 4.78 is 9.01. The lowest BCUT2D eigenvalue weighted by Gasteiger charge is -1.99. The molecule has 0 aromatic heterocycles. The Hall–Kier alpha value is 0.0969. The van der Waals surface area contributed by atoms with E-state index in [-0.39, 0.29) is 0 Å². The molecule has 0 aromatic carbocycles. The second kappa shape index (κ2) is 3.29. The van der Waals surface area contributed by atoms with Gasteiger partial charge in [-0.15, -0.1) is 0 Å². The van der Waals surface area contributed by atoms with Gasteiger partial charge in [-0.25, -0.2) is 5.90 Å². The molecule has 0 heterocycles. The van der Waals surface area contributed by atoms with Crippen molar-refractivity contribution in [3.63, 3.8) is 0 Å². The lowest BCUT2D eigenvalue weighted by molar-refractivity contribution is 0.242. The zero-order chi connectivity index (χ0) is 4.99. The normalized spacial score (nSPS) is 14.5. The van der Waals surface area contributed by atoms with Gasteiger partial charge in [-0.3, -0.25) is 0 Å². The zero-order valence-corrected chi connectivity index (χ0v) is 5.13. The predicted octanol–water partition coefficient (Wildman–Crippen LogP) is -0.627. The second-order valence-corrected chi connectivity index (χ2v) is 2.82. The SMILES string of the molecule is CO[SiH](C)ON. The molecule has 2 N–H and O–H groups in total. The monoisotopic (exact) mass is 107 g/mol. The number of nitrogens with two attached hydrogens (primary N) is 1. The molecule has 3 nitrogen and oxygen atoms in total. The fourth-order valence-corrected chi connectivity index (χ4v) is 0.167. The third kappa shape index (κ3) is 2.34. The van der Waals surface area contributed by atoms with Crippen LogP contribution < -0.4 is 5.90 Å². The van der Waals surface area contributed by atoms with Crippen molar-refractivity contribution >= 4 is 9.28 Å². The molecule has 0 radical (unpaired) electrons. The number of hydrogen-bond acceptors (Lipinski definition) is 3. The maximum absolute atomic E-state index is 4.72. The molecule has 6 heavy (non-hydrogen) atoms. The van der Waals surface area contributed by atoms with E-state index >= 15 is 0 Å². The van der Waals surface area contributed by atoms with Gasteiger partial charge in [-0.1, -0.05) is 0 Å². The molecule has 0 aromatic rings. The fraction of sp³-hybridized carbons (Fsp3) is 1.00. The highest BCUT2D eigenvalue weighted by atomic mass is 28.3. The summed E-state index contributed by atoms with van der Waals surface area (Å²) in [6.45, 7) is 1.85. The van der Waals surface area contributed by atoms with E-state index in [1.54, 1.807) is 7.11 Å². The van der Waals surface area contributed by atoms with Crippen molar-refractivity contribution in [2.45, 2.75) is 6.55 Å². The van der Waals surface area contributed by atoms with Gasteiger partial charge in [0.2, 0.25) is 0 Å². The van der Waals surface area contributed by atoms with E-state index in [9.17, 15) is 0 Å². The van der Waals surface area contributed by atoms with Gasteiger partial charge in [0.25, 0.3) is 0 Å². The Morgan fingerprint density at radius 2 is 2.17 bits per heavy atom. The first-order valence-electron chi connectivity index (χ1n) is 1.69. The fourth-order valence-electron chi connectivity index (χ4n) is 0.0556. The van der Waals surface area contributed by atoms with Gasteiger partial charge in [0.1, 0.15) is 0 Å². The standard InChI is InChI=1S/C2H9NO2Si/c1-4-6(2)5-3/h6H,3H2,1-2H3. The summed E-state index contributed by atoms with van der Waals surface area (Å²) in [5.41, 5.74) is 0. The molecule has 1 unspecified atom stereocenters. The van der Waals surface area contributed by atoms with Crippen molar-refractivity contribution in [1.82, 2.24) is 0 Å². The van der Waals surface area contributed by atoms with E-state index in [0.717, 1.165) is 0 Å². The largest absolute Gasteiger partial charge is 0.399 e. The maximum Gasteiger partial charge on any atom is 0.338 e. The Bertz CT molecular complexity index is 30.7. The van der Waals surface area contributed by atoms with Crippen LogP contribution in [0.25, 0.3) is 0 Å². The summed E-state index contributed by atoms with van der Waals surface area (Å²) in [6.07, 6.45) is 0. The van der Waals surface area contributed by atoms with Crippen molar-refractivity contribution < 1.29 is 8.95 Å². The summed E-state index contributed by atoms with van der Waals surface area (Å²) in [5, 5.41) is 0. The summed E-state index contributed by atoms with van der Waals surface area (Å²) in [6, 6.07) is 0. The molecule has 0 aliphatic rings. The van der Waals surface area contributed by atoms with Crippen LogP contribution in [-0.2, 0) is 8.95 Å². The van der Waals surface area contributed by atoms with E-state index in [2.05, 4.69) is 4.53 Å². The minimum Gasteiger partial charge on any atom is -0.399 e. The summed E-state index contributed by atoms with van der Waals surface area (Å²) in [4.78, 5) is 0. The molecule has 0 amide bonds. The first-order valence-corrected chi connectivity index (χ1v) is 3.79. The highest BCUT2D eigenvalue weighted by molar-refractivity contribution is 6.42. The van der Waals surface area contributed by atoms with Gasteiger partial charge in [-0.05, 0) is 6.55 Å². The van der Waals surface area contributed by atoms with Gasteiger partial charge in [0.15, 0.2) is 0 Å². The minimum atomic E-state index is -1.38. The molecule has 4 heteroatoms. The quantitative estimate of drug-likeness (QED) is 0.377. The summed E-state index contributed by atoms with van der Waals surface area (Å²) in [5.74, 6) is 4.72. The third-order valence-corrected chi connectivity index (χ3v) is 1.57. The molecule has 1 atom stereocenters. The highest BCUT2D eigenvalue weighted by Crippen LogP contribution is 1.74. The Morgan fingerprint density at radius 1 is 1.67 bits per heavy atom. The van der Waals surface area contributed by atoms with Crippen LogP contribution in [-0.4, -0.2) is 16.4 Å². The van der Waals surface area contributed by atoms with Gasteiger partial charge in [0.05, 0.1) is 0 Å². The van der Waals surface area contributed by atoms with Crippen molar-refractivity contribution in [2.24, 2.45) is 5.90 Å². The Kier molecular flexibility index (Phi) is 3.35. The van der Waals surface area contributed by atoms with E-state index < -0.39 is 9.28 Å². The molecule has 0 saturated carbocycles. The maximum atomic E-state index is 4.72. The van der Waals surface area contributed by atoms with Crippen LogP contribution in [0.4, 0.5) is 0 Å². The first kappa shape index (κ1) is 6.10. The van der Waals surface area contributed by atoms with Gasteiger partial charge < -0.3 is 8.95 Å². The molecule has 0 aliphatic carbocycles. The average molecular weight is 107 g/mol. The van der Waals surface area contributed by atoms with Crippen LogP contribution in [0.3, 0.4) is 0 Å². The van der Waals surface area contributed by atoms with Gasteiger partial charge >= 0.3 is 9.28 Å². The average Bonchev–Trinajstić information content (AvgIpc) is 1.65. The zero-order valence-electron chi connectivity index (χ0n) is 3.97.